The number of aliphatic carboxylic acids is 1. The Morgan fingerprint density at radius 1 is 0.889 bits per heavy atom. The molecule has 18 heavy (non-hydrogen) atoms. The van der Waals surface area contributed by atoms with Crippen molar-refractivity contribution in [3.63, 3.8) is 0 Å². The highest BCUT2D eigenvalue weighted by Crippen LogP contribution is 2.26. The van der Waals surface area contributed by atoms with Crippen molar-refractivity contribution >= 4 is 29.5 Å². The van der Waals surface area contributed by atoms with Crippen molar-refractivity contribution in [1.29, 1.82) is 0 Å². The van der Waals surface area contributed by atoms with Gasteiger partial charge in [-0.1, -0.05) is 52.4 Å². The number of unbranched alkanes of at least 4 members (excludes halogenated alkanes) is 6. The summed E-state index contributed by atoms with van der Waals surface area (Å²) in [6.45, 7) is 4.39. The van der Waals surface area contributed by atoms with Crippen LogP contribution in [0, 0.1) is 0 Å². The largest absolute Gasteiger partial charge is 0.480 e. The first-order valence-corrected chi connectivity index (χ1v) is 9.28. The minimum absolute atomic E-state index is 0.256. The number of carboxylic acids is 1. The van der Waals surface area contributed by atoms with Gasteiger partial charge in [-0.15, -0.1) is 23.5 Å². The lowest BCUT2D eigenvalue weighted by molar-refractivity contribution is -0.134. The Hall–Kier alpha value is 0.170. The lowest BCUT2D eigenvalue weighted by atomic mass is 10.2. The topological polar surface area (TPSA) is 37.3 Å². The fourth-order valence-corrected chi connectivity index (χ4v) is 4.05. The van der Waals surface area contributed by atoms with E-state index in [-0.39, 0.29) is 4.58 Å². The molecule has 0 fully saturated rings. The van der Waals surface area contributed by atoms with Gasteiger partial charge >= 0.3 is 5.97 Å². The molecule has 0 aromatic carbocycles. The van der Waals surface area contributed by atoms with Gasteiger partial charge in [0.2, 0.25) is 0 Å². The first kappa shape index (κ1) is 18.2. The van der Waals surface area contributed by atoms with E-state index in [0.717, 1.165) is 24.3 Å². The molecule has 0 saturated heterocycles. The fourth-order valence-electron chi connectivity index (χ4n) is 1.63. The molecule has 0 spiro atoms. The van der Waals surface area contributed by atoms with E-state index in [0.29, 0.717) is 0 Å². The normalized spacial score (nSPS) is 11.1. The maximum atomic E-state index is 11.1. The molecule has 4 heteroatoms. The third-order valence-corrected chi connectivity index (χ3v) is 5.61. The smallest absolute Gasteiger partial charge is 0.326 e. The van der Waals surface area contributed by atoms with Crippen molar-refractivity contribution in [3.05, 3.63) is 0 Å². The Morgan fingerprint density at radius 3 is 1.67 bits per heavy atom. The molecule has 0 bridgehead atoms. The lowest BCUT2D eigenvalue weighted by Crippen LogP contribution is -2.13. The second-order valence-corrected chi connectivity index (χ2v) is 7.26. The number of carbonyl (C=O) groups is 1. The van der Waals surface area contributed by atoms with Crippen molar-refractivity contribution in [3.8, 4) is 0 Å². The molecule has 1 N–H and O–H groups in total. The van der Waals surface area contributed by atoms with Crippen molar-refractivity contribution in [2.24, 2.45) is 0 Å². The summed E-state index contributed by atoms with van der Waals surface area (Å²) >= 11 is 3.21. The third kappa shape index (κ3) is 11.3. The second kappa shape index (κ2) is 13.6. The van der Waals surface area contributed by atoms with Crippen LogP contribution < -0.4 is 0 Å². The Morgan fingerprint density at radius 2 is 1.33 bits per heavy atom. The molecule has 0 aliphatic heterocycles. The zero-order valence-corrected chi connectivity index (χ0v) is 13.5. The van der Waals surface area contributed by atoms with Crippen LogP contribution in [-0.2, 0) is 4.79 Å². The summed E-state index contributed by atoms with van der Waals surface area (Å²) in [5, 5.41) is 9.14. The maximum absolute atomic E-state index is 11.1. The van der Waals surface area contributed by atoms with Crippen LogP contribution in [0.25, 0.3) is 0 Å². The number of carboxylic acid groups (broad SMARTS) is 1. The third-order valence-electron chi connectivity index (χ3n) is 2.74. The van der Waals surface area contributed by atoms with Gasteiger partial charge in [-0.2, -0.15) is 0 Å². The van der Waals surface area contributed by atoms with Crippen molar-refractivity contribution in [1.82, 2.24) is 0 Å². The minimum Gasteiger partial charge on any atom is -0.480 e. The van der Waals surface area contributed by atoms with E-state index in [4.69, 9.17) is 5.11 Å². The van der Waals surface area contributed by atoms with E-state index < -0.39 is 5.97 Å². The van der Waals surface area contributed by atoms with E-state index in [1.54, 1.807) is 23.5 Å². The Balaban J connectivity index is 3.56. The summed E-state index contributed by atoms with van der Waals surface area (Å²) in [6, 6.07) is 0. The molecular formula is C14H28O2S2. The Bertz CT molecular complexity index is 184. The van der Waals surface area contributed by atoms with Crippen LogP contribution in [0.2, 0.25) is 0 Å². The summed E-state index contributed by atoms with van der Waals surface area (Å²) < 4.78 is -0.256. The van der Waals surface area contributed by atoms with Gasteiger partial charge < -0.3 is 5.11 Å². The summed E-state index contributed by atoms with van der Waals surface area (Å²) in [5.41, 5.74) is 0. The van der Waals surface area contributed by atoms with Gasteiger partial charge in [0.15, 0.2) is 0 Å². The summed E-state index contributed by atoms with van der Waals surface area (Å²) in [6.07, 6.45) is 9.77. The van der Waals surface area contributed by atoms with Gasteiger partial charge in [-0.25, -0.2) is 0 Å². The Kier molecular flexibility index (Phi) is 13.7. The SMILES string of the molecule is CCCCCCSC(SCCCCCC)C(=O)O. The molecule has 0 atom stereocenters. The molecule has 0 unspecified atom stereocenters. The fraction of sp³-hybridized carbons (Fsp3) is 0.929. The average Bonchev–Trinajstić information content (AvgIpc) is 2.35. The highest BCUT2D eigenvalue weighted by atomic mass is 32.2. The van der Waals surface area contributed by atoms with Crippen LogP contribution in [0.5, 0.6) is 0 Å². The number of rotatable bonds is 13. The number of hydrogen-bond donors (Lipinski definition) is 1. The van der Waals surface area contributed by atoms with Crippen LogP contribution in [0.1, 0.15) is 65.2 Å². The van der Waals surface area contributed by atoms with Crippen molar-refractivity contribution in [2.75, 3.05) is 11.5 Å². The first-order chi connectivity index (χ1) is 8.72. The van der Waals surface area contributed by atoms with Crippen LogP contribution in [0.15, 0.2) is 0 Å². The summed E-state index contributed by atoms with van der Waals surface area (Å²) in [5.74, 6) is 1.31. The zero-order valence-electron chi connectivity index (χ0n) is 11.8. The first-order valence-electron chi connectivity index (χ1n) is 7.18. The van der Waals surface area contributed by atoms with Gasteiger partial charge in [0, 0.05) is 0 Å². The number of thioether (sulfide) groups is 2. The van der Waals surface area contributed by atoms with Crippen molar-refractivity contribution in [2.45, 2.75) is 69.8 Å². The summed E-state index contributed by atoms with van der Waals surface area (Å²) in [4.78, 5) is 11.1. The molecule has 0 aliphatic carbocycles. The molecule has 0 rings (SSSR count). The van der Waals surface area contributed by atoms with E-state index in [1.165, 1.54) is 38.5 Å². The second-order valence-electron chi connectivity index (χ2n) is 4.53. The van der Waals surface area contributed by atoms with Gasteiger partial charge in [-0.05, 0) is 24.3 Å². The summed E-state index contributed by atoms with van der Waals surface area (Å²) in [7, 11) is 0. The molecule has 2 nitrogen and oxygen atoms in total. The molecule has 0 heterocycles. The molecule has 108 valence electrons. The highest BCUT2D eigenvalue weighted by Gasteiger charge is 2.17. The molecule has 0 aliphatic rings. The van der Waals surface area contributed by atoms with E-state index >= 15 is 0 Å². The van der Waals surface area contributed by atoms with Gasteiger partial charge in [0.25, 0.3) is 0 Å². The van der Waals surface area contributed by atoms with Gasteiger partial charge in [0.1, 0.15) is 4.58 Å². The number of hydrogen-bond acceptors (Lipinski definition) is 3. The van der Waals surface area contributed by atoms with E-state index in [1.807, 2.05) is 0 Å². The van der Waals surface area contributed by atoms with Gasteiger partial charge in [0.05, 0.1) is 0 Å². The monoisotopic (exact) mass is 292 g/mol. The average molecular weight is 293 g/mol. The molecule has 0 aromatic heterocycles. The predicted molar refractivity (Wildman–Crippen MR) is 84.6 cm³/mol. The van der Waals surface area contributed by atoms with Crippen LogP contribution >= 0.6 is 23.5 Å². The molecular weight excluding hydrogens is 264 g/mol. The van der Waals surface area contributed by atoms with Crippen LogP contribution in [0.3, 0.4) is 0 Å². The van der Waals surface area contributed by atoms with Crippen LogP contribution in [0.4, 0.5) is 0 Å². The zero-order chi connectivity index (χ0) is 13.6. The van der Waals surface area contributed by atoms with E-state index in [9.17, 15) is 4.79 Å². The van der Waals surface area contributed by atoms with Crippen LogP contribution in [-0.4, -0.2) is 27.2 Å². The van der Waals surface area contributed by atoms with Gasteiger partial charge in [-0.3, -0.25) is 4.79 Å². The standard InChI is InChI=1S/C14H28O2S2/c1-3-5-7-9-11-17-14(13(15)16)18-12-10-8-6-4-2/h14H,3-12H2,1-2H3,(H,15,16). The quantitative estimate of drug-likeness (QED) is 0.382. The van der Waals surface area contributed by atoms with E-state index in [2.05, 4.69) is 13.8 Å². The predicted octanol–water partition coefficient (Wildman–Crippen LogP) is 5.02. The van der Waals surface area contributed by atoms with Crippen molar-refractivity contribution < 1.29 is 9.90 Å². The Labute approximate surface area is 121 Å². The lowest BCUT2D eigenvalue weighted by Gasteiger charge is -2.11. The molecule has 0 radical (unpaired) electrons. The molecule has 0 aromatic rings. The molecule has 0 saturated carbocycles. The highest BCUT2D eigenvalue weighted by molar-refractivity contribution is 8.18. The maximum Gasteiger partial charge on any atom is 0.326 e. The molecule has 0 amide bonds. The minimum atomic E-state index is -0.656.